The highest BCUT2D eigenvalue weighted by atomic mass is 15.0. The van der Waals surface area contributed by atoms with Crippen molar-refractivity contribution in [1.82, 2.24) is 9.13 Å². The van der Waals surface area contributed by atoms with E-state index in [1.807, 2.05) is 0 Å². The van der Waals surface area contributed by atoms with Gasteiger partial charge >= 0.3 is 0 Å². The first-order chi connectivity index (χ1) is 30.7. The molecule has 0 bridgehead atoms. The van der Waals surface area contributed by atoms with Crippen molar-refractivity contribution in [2.45, 2.75) is 0 Å². The second kappa shape index (κ2) is 12.7. The van der Waals surface area contributed by atoms with Gasteiger partial charge in [-0.05, 0) is 126 Å². The lowest BCUT2D eigenvalue weighted by molar-refractivity contribution is 1.19. The number of hydrogen-bond donors (Lipinski definition) is 0. The Kier molecular flexibility index (Phi) is 6.86. The molecule has 62 heavy (non-hydrogen) atoms. The Morgan fingerprint density at radius 2 is 0.790 bits per heavy atom. The van der Waals surface area contributed by atoms with Gasteiger partial charge in [-0.3, -0.25) is 0 Å². The van der Waals surface area contributed by atoms with Crippen molar-refractivity contribution in [3.63, 3.8) is 0 Å². The summed E-state index contributed by atoms with van der Waals surface area (Å²) in [5, 5.41) is 12.7. The molecule has 13 aromatic rings. The number of aromatic nitrogens is 2. The molecule has 0 aliphatic heterocycles. The maximum Gasteiger partial charge on any atom is 0.0619 e. The molecule has 0 atom stereocenters. The maximum atomic E-state index is 2.48. The number of nitrogens with zero attached hydrogens (tertiary/aromatic N) is 2. The minimum Gasteiger partial charge on any atom is -0.309 e. The van der Waals surface area contributed by atoms with Gasteiger partial charge in [0.15, 0.2) is 0 Å². The number of hydrogen-bond acceptors (Lipinski definition) is 0. The van der Waals surface area contributed by atoms with Gasteiger partial charge in [0, 0.05) is 38.3 Å². The van der Waals surface area contributed by atoms with E-state index in [0.29, 0.717) is 0 Å². The van der Waals surface area contributed by atoms with Gasteiger partial charge in [-0.2, -0.15) is 0 Å². The lowest BCUT2D eigenvalue weighted by Gasteiger charge is -2.13. The van der Waals surface area contributed by atoms with Crippen molar-refractivity contribution >= 4 is 75.9 Å². The zero-order chi connectivity index (χ0) is 40.5. The summed E-state index contributed by atoms with van der Waals surface area (Å²) in [5.41, 5.74) is 17.4. The number of rotatable bonds is 4. The second-order valence-electron chi connectivity index (χ2n) is 16.8. The van der Waals surface area contributed by atoms with Crippen LogP contribution < -0.4 is 0 Å². The molecule has 0 radical (unpaired) electrons. The molecule has 2 heteroatoms. The summed E-state index contributed by atoms with van der Waals surface area (Å²) in [6.45, 7) is 0. The third-order valence-electron chi connectivity index (χ3n) is 13.6. The van der Waals surface area contributed by atoms with Gasteiger partial charge in [-0.25, -0.2) is 0 Å². The Labute approximate surface area is 357 Å². The molecular weight excluding hydrogens is 749 g/mol. The molecule has 2 nitrogen and oxygen atoms in total. The zero-order valence-corrected chi connectivity index (χ0v) is 33.7. The molecule has 1 aliphatic carbocycles. The third-order valence-corrected chi connectivity index (χ3v) is 13.6. The van der Waals surface area contributed by atoms with Gasteiger partial charge in [0.05, 0.1) is 22.1 Å². The minimum absolute atomic E-state index is 1.15. The average Bonchev–Trinajstić information content (AvgIpc) is 3.98. The van der Waals surface area contributed by atoms with Crippen LogP contribution in [0.5, 0.6) is 0 Å². The Morgan fingerprint density at radius 3 is 1.60 bits per heavy atom. The molecule has 1 aliphatic rings. The Bertz CT molecular complexity index is 4000. The van der Waals surface area contributed by atoms with E-state index in [1.165, 1.54) is 126 Å². The van der Waals surface area contributed by atoms with E-state index >= 15 is 0 Å². The summed E-state index contributed by atoms with van der Waals surface area (Å²) in [7, 11) is 0. The van der Waals surface area contributed by atoms with E-state index in [0.717, 1.165) is 5.69 Å². The van der Waals surface area contributed by atoms with Crippen molar-refractivity contribution in [3.05, 3.63) is 218 Å². The Hall–Kier alpha value is -8.20. The lowest BCUT2D eigenvalue weighted by Crippen LogP contribution is -1.95. The van der Waals surface area contributed by atoms with Gasteiger partial charge in [-0.1, -0.05) is 164 Å². The summed E-state index contributed by atoms with van der Waals surface area (Å²) < 4.78 is 4.89. The first-order valence-electron chi connectivity index (χ1n) is 21.5. The molecule has 2 aromatic heterocycles. The monoisotopic (exact) mass is 784 g/mol. The van der Waals surface area contributed by atoms with E-state index in [2.05, 4.69) is 228 Å². The van der Waals surface area contributed by atoms with Crippen molar-refractivity contribution in [2.75, 3.05) is 0 Å². The van der Waals surface area contributed by atoms with Gasteiger partial charge in [0.25, 0.3) is 0 Å². The van der Waals surface area contributed by atoms with Crippen molar-refractivity contribution in [1.29, 1.82) is 0 Å². The predicted molar refractivity (Wildman–Crippen MR) is 263 cm³/mol. The third kappa shape index (κ3) is 4.69. The smallest absolute Gasteiger partial charge is 0.0619 e. The molecule has 0 saturated carbocycles. The molecule has 0 N–H and O–H groups in total. The fourth-order valence-corrected chi connectivity index (χ4v) is 10.8. The van der Waals surface area contributed by atoms with Crippen molar-refractivity contribution in [3.8, 4) is 55.9 Å². The van der Waals surface area contributed by atoms with E-state index in [1.54, 1.807) is 0 Å². The Morgan fingerprint density at radius 1 is 0.242 bits per heavy atom. The molecule has 0 fully saturated rings. The van der Waals surface area contributed by atoms with Crippen molar-refractivity contribution < 1.29 is 0 Å². The van der Waals surface area contributed by atoms with Crippen LogP contribution in [0.1, 0.15) is 0 Å². The van der Waals surface area contributed by atoms with Crippen molar-refractivity contribution in [2.24, 2.45) is 0 Å². The molecule has 2 heterocycles. The number of para-hydroxylation sites is 1. The highest BCUT2D eigenvalue weighted by Crippen LogP contribution is 2.49. The quantitative estimate of drug-likeness (QED) is 0.168. The molecule has 11 aromatic carbocycles. The van der Waals surface area contributed by atoms with Crippen LogP contribution in [0, 0.1) is 0 Å². The summed E-state index contributed by atoms with van der Waals surface area (Å²) in [6, 6.07) is 81.1. The first-order valence-corrected chi connectivity index (χ1v) is 21.5. The summed E-state index contributed by atoms with van der Waals surface area (Å²) in [6.07, 6.45) is 0. The standard InChI is InChI=1S/C60H36N2/c1-2-12-40-34-44(28-20-37(40)10-1)61-56-19-8-7-16-49(56)54-35-41(24-32-57(54)61)42-25-33-58-55(36-42)53-29-23-38-11-3-4-13-46(38)60(53)62(58)43-26-21-39(22-27-43)45-30-31-52-48-15-6-5-14-47(48)51-18-9-17-50(45)59(51)52/h1-36H. The highest BCUT2D eigenvalue weighted by Gasteiger charge is 2.23. The summed E-state index contributed by atoms with van der Waals surface area (Å²) in [5.74, 6) is 0. The number of fused-ring (bicyclic) bond motifs is 12. The fraction of sp³-hybridized carbons (Fsp3) is 0. The summed E-state index contributed by atoms with van der Waals surface area (Å²) in [4.78, 5) is 0. The average molecular weight is 785 g/mol. The molecule has 0 unspecified atom stereocenters. The van der Waals surface area contributed by atoms with Crippen LogP contribution in [0.2, 0.25) is 0 Å². The lowest BCUT2D eigenvalue weighted by atomic mass is 9.94. The molecule has 0 amide bonds. The van der Waals surface area contributed by atoms with E-state index < -0.39 is 0 Å². The normalized spacial score (nSPS) is 12.2. The molecule has 286 valence electrons. The molecule has 0 spiro atoms. The van der Waals surface area contributed by atoms with Crippen LogP contribution in [-0.2, 0) is 0 Å². The molecule has 0 saturated heterocycles. The van der Waals surface area contributed by atoms with Gasteiger partial charge in [0.1, 0.15) is 0 Å². The Balaban J connectivity index is 0.920. The van der Waals surface area contributed by atoms with Crippen LogP contribution in [0.25, 0.3) is 132 Å². The SMILES string of the molecule is c1ccc2c(c1)-c1cccc3c(-c4ccc(-n5c6ccc(-c7ccc8c(c7)c7ccccc7n8-c7ccc8ccccc8c7)cc6c6ccc7ccccc7c65)cc4)ccc-2c13. The fourth-order valence-electron chi connectivity index (χ4n) is 10.8. The maximum absolute atomic E-state index is 2.48. The molecular formula is C60H36N2. The van der Waals surface area contributed by atoms with Gasteiger partial charge < -0.3 is 9.13 Å². The molecule has 14 rings (SSSR count). The van der Waals surface area contributed by atoms with E-state index in [4.69, 9.17) is 0 Å². The summed E-state index contributed by atoms with van der Waals surface area (Å²) >= 11 is 0. The highest BCUT2D eigenvalue weighted by molar-refractivity contribution is 6.21. The van der Waals surface area contributed by atoms with Crippen LogP contribution in [0.15, 0.2) is 218 Å². The topological polar surface area (TPSA) is 9.86 Å². The predicted octanol–water partition coefficient (Wildman–Crippen LogP) is 16.3. The van der Waals surface area contributed by atoms with Crippen LogP contribution in [0.3, 0.4) is 0 Å². The van der Waals surface area contributed by atoms with Gasteiger partial charge in [-0.15, -0.1) is 0 Å². The van der Waals surface area contributed by atoms with Crippen LogP contribution in [0.4, 0.5) is 0 Å². The van der Waals surface area contributed by atoms with E-state index in [-0.39, 0.29) is 0 Å². The number of benzene rings is 11. The van der Waals surface area contributed by atoms with Crippen LogP contribution in [-0.4, -0.2) is 9.13 Å². The largest absolute Gasteiger partial charge is 0.309 e. The van der Waals surface area contributed by atoms with Gasteiger partial charge in [0.2, 0.25) is 0 Å². The first kappa shape index (κ1) is 33.6. The minimum atomic E-state index is 1.15. The van der Waals surface area contributed by atoms with E-state index in [9.17, 15) is 0 Å². The second-order valence-corrected chi connectivity index (χ2v) is 16.8. The zero-order valence-electron chi connectivity index (χ0n) is 33.7. The van der Waals surface area contributed by atoms with Crippen LogP contribution >= 0.6 is 0 Å².